The third-order valence-electron chi connectivity index (χ3n) is 5.54. The maximum absolute atomic E-state index is 5.42. The predicted molar refractivity (Wildman–Crippen MR) is 129 cm³/mol. The van der Waals surface area contributed by atoms with Gasteiger partial charge in [-0.25, -0.2) is 14.7 Å². The lowest BCUT2D eigenvalue weighted by molar-refractivity contribution is 0.394. The number of benzene rings is 1. The minimum atomic E-state index is 0.289. The van der Waals surface area contributed by atoms with E-state index in [1.807, 2.05) is 42.6 Å². The largest absolute Gasteiger partial charge is 0.497 e. The van der Waals surface area contributed by atoms with Crippen molar-refractivity contribution in [2.24, 2.45) is 4.99 Å². The van der Waals surface area contributed by atoms with E-state index >= 15 is 0 Å². The number of hydrogen-bond donors (Lipinski definition) is 2. The van der Waals surface area contributed by atoms with Gasteiger partial charge in [0.2, 0.25) is 0 Å². The molecule has 1 saturated heterocycles. The number of hydrogen-bond acceptors (Lipinski definition) is 6. The summed E-state index contributed by atoms with van der Waals surface area (Å²) < 4.78 is 12.6. The fourth-order valence-corrected chi connectivity index (χ4v) is 3.86. The molecule has 4 rings (SSSR count). The number of rotatable bonds is 8. The van der Waals surface area contributed by atoms with Gasteiger partial charge in [0.25, 0.3) is 0 Å². The van der Waals surface area contributed by atoms with Gasteiger partial charge in [0, 0.05) is 68.2 Å². The summed E-state index contributed by atoms with van der Waals surface area (Å²) in [6.45, 7) is 5.24. The van der Waals surface area contributed by atoms with Crippen LogP contribution in [-0.4, -0.2) is 60.6 Å². The van der Waals surface area contributed by atoms with Crippen molar-refractivity contribution in [2.45, 2.75) is 25.9 Å². The zero-order valence-electron chi connectivity index (χ0n) is 19.4. The molecule has 0 bridgehead atoms. The third kappa shape index (κ3) is 5.74. The van der Waals surface area contributed by atoms with Crippen molar-refractivity contribution in [3.8, 4) is 17.3 Å². The number of guanidine groups is 1. The number of ether oxygens (including phenoxy) is 2. The molecule has 3 heterocycles. The van der Waals surface area contributed by atoms with Crippen molar-refractivity contribution in [2.75, 3.05) is 38.8 Å². The molecule has 0 radical (unpaired) electrons. The molecule has 0 aliphatic carbocycles. The molecule has 1 aliphatic heterocycles. The maximum atomic E-state index is 5.42. The second-order valence-corrected chi connectivity index (χ2v) is 7.81. The lowest BCUT2D eigenvalue weighted by Crippen LogP contribution is -2.44. The second-order valence-electron chi connectivity index (χ2n) is 7.81. The first-order valence-corrected chi connectivity index (χ1v) is 11.2. The number of aromatic nitrogens is 3. The zero-order chi connectivity index (χ0) is 23.0. The Morgan fingerprint density at radius 3 is 2.67 bits per heavy atom. The van der Waals surface area contributed by atoms with Gasteiger partial charge < -0.3 is 25.0 Å². The molecule has 1 unspecified atom stereocenters. The predicted octanol–water partition coefficient (Wildman–Crippen LogP) is 2.62. The average molecular weight is 450 g/mol. The van der Waals surface area contributed by atoms with Gasteiger partial charge in [-0.05, 0) is 37.1 Å². The van der Waals surface area contributed by atoms with Crippen LogP contribution in [0.5, 0.6) is 11.5 Å². The van der Waals surface area contributed by atoms with Gasteiger partial charge in [-0.15, -0.1) is 0 Å². The Labute approximate surface area is 194 Å². The summed E-state index contributed by atoms with van der Waals surface area (Å²) in [5.41, 5.74) is 2.17. The first-order valence-electron chi connectivity index (χ1n) is 11.2. The van der Waals surface area contributed by atoms with Crippen molar-refractivity contribution in [1.29, 1.82) is 0 Å². The molecule has 9 heteroatoms. The van der Waals surface area contributed by atoms with Crippen molar-refractivity contribution in [1.82, 2.24) is 25.4 Å². The Kier molecular flexibility index (Phi) is 7.29. The minimum Gasteiger partial charge on any atom is -0.497 e. The number of anilines is 1. The van der Waals surface area contributed by atoms with Crippen LogP contribution in [0, 0.1) is 0 Å². The highest BCUT2D eigenvalue weighted by molar-refractivity contribution is 5.80. The van der Waals surface area contributed by atoms with E-state index in [0.717, 1.165) is 60.6 Å². The van der Waals surface area contributed by atoms with Gasteiger partial charge >= 0.3 is 0 Å². The molecular weight excluding hydrogens is 418 g/mol. The molecule has 2 aromatic heterocycles. The highest BCUT2D eigenvalue weighted by atomic mass is 16.5. The fourth-order valence-electron chi connectivity index (χ4n) is 3.86. The van der Waals surface area contributed by atoms with Crippen LogP contribution in [-0.2, 0) is 6.54 Å². The van der Waals surface area contributed by atoms with Gasteiger partial charge in [-0.2, -0.15) is 5.10 Å². The van der Waals surface area contributed by atoms with Crippen LogP contribution in [0.2, 0.25) is 0 Å². The van der Waals surface area contributed by atoms with Crippen LogP contribution >= 0.6 is 0 Å². The van der Waals surface area contributed by atoms with E-state index in [2.05, 4.69) is 32.5 Å². The molecule has 1 aromatic carbocycles. The Balaban J connectivity index is 1.41. The summed E-state index contributed by atoms with van der Waals surface area (Å²) in [5.74, 6) is 3.18. The molecule has 3 aromatic rings. The number of methoxy groups -OCH3 is 2. The summed E-state index contributed by atoms with van der Waals surface area (Å²) in [4.78, 5) is 11.5. The van der Waals surface area contributed by atoms with E-state index in [9.17, 15) is 0 Å². The highest BCUT2D eigenvalue weighted by Crippen LogP contribution is 2.30. The van der Waals surface area contributed by atoms with Crippen molar-refractivity contribution < 1.29 is 9.47 Å². The quantitative estimate of drug-likeness (QED) is 0.404. The molecule has 1 aliphatic rings. The van der Waals surface area contributed by atoms with E-state index in [1.54, 1.807) is 31.3 Å². The smallest absolute Gasteiger partial charge is 0.191 e. The van der Waals surface area contributed by atoms with Crippen molar-refractivity contribution >= 4 is 11.6 Å². The summed E-state index contributed by atoms with van der Waals surface area (Å²) in [5, 5.41) is 11.2. The number of aliphatic imine (C=N–C) groups is 1. The molecule has 2 N–H and O–H groups in total. The molecule has 33 heavy (non-hydrogen) atoms. The second kappa shape index (κ2) is 10.7. The monoisotopic (exact) mass is 449 g/mol. The van der Waals surface area contributed by atoms with E-state index in [4.69, 9.17) is 14.5 Å². The van der Waals surface area contributed by atoms with Gasteiger partial charge in [0.1, 0.15) is 11.5 Å². The van der Waals surface area contributed by atoms with Gasteiger partial charge in [-0.3, -0.25) is 0 Å². The van der Waals surface area contributed by atoms with E-state index < -0.39 is 0 Å². The SMILES string of the molecule is CCNC(=NCc1ccnc(-n2cccn2)c1)NC1CCN(c2cc(OC)cc(OC)c2)C1. The summed E-state index contributed by atoms with van der Waals surface area (Å²) in [7, 11) is 3.35. The molecular formula is C24H31N7O2. The van der Waals surface area contributed by atoms with E-state index in [1.165, 1.54) is 0 Å². The number of nitrogens with one attached hydrogen (secondary N) is 2. The highest BCUT2D eigenvalue weighted by Gasteiger charge is 2.24. The normalized spacial score (nSPS) is 16.0. The summed E-state index contributed by atoms with van der Waals surface area (Å²) in [6.07, 6.45) is 6.43. The van der Waals surface area contributed by atoms with Gasteiger partial charge in [-0.1, -0.05) is 0 Å². The zero-order valence-corrected chi connectivity index (χ0v) is 19.4. The lowest BCUT2D eigenvalue weighted by Gasteiger charge is -2.21. The molecule has 0 amide bonds. The summed E-state index contributed by atoms with van der Waals surface area (Å²) in [6, 6.07) is 12.1. The van der Waals surface area contributed by atoms with Crippen LogP contribution in [0.15, 0.2) is 60.0 Å². The molecule has 9 nitrogen and oxygen atoms in total. The first-order chi connectivity index (χ1) is 16.2. The van der Waals surface area contributed by atoms with Crippen LogP contribution in [0.3, 0.4) is 0 Å². The topological polar surface area (TPSA) is 88.8 Å². The van der Waals surface area contributed by atoms with Crippen molar-refractivity contribution in [3.05, 3.63) is 60.6 Å². The van der Waals surface area contributed by atoms with E-state index in [0.29, 0.717) is 6.54 Å². The summed E-state index contributed by atoms with van der Waals surface area (Å²) >= 11 is 0. The molecule has 174 valence electrons. The fraction of sp³-hybridized carbons (Fsp3) is 0.375. The molecule has 0 saturated carbocycles. The molecule has 0 spiro atoms. The third-order valence-corrected chi connectivity index (χ3v) is 5.54. The van der Waals surface area contributed by atoms with Crippen LogP contribution in [0.25, 0.3) is 5.82 Å². The number of pyridine rings is 1. The first kappa shape index (κ1) is 22.4. The Hall–Kier alpha value is -3.75. The Bertz CT molecular complexity index is 1050. The van der Waals surface area contributed by atoms with Gasteiger partial charge in [0.05, 0.1) is 20.8 Å². The minimum absolute atomic E-state index is 0.289. The van der Waals surface area contributed by atoms with Crippen molar-refractivity contribution in [3.63, 3.8) is 0 Å². The Morgan fingerprint density at radius 1 is 1.15 bits per heavy atom. The molecule has 1 atom stereocenters. The van der Waals surface area contributed by atoms with E-state index in [-0.39, 0.29) is 6.04 Å². The van der Waals surface area contributed by atoms with Crippen LogP contribution < -0.4 is 25.0 Å². The van der Waals surface area contributed by atoms with Crippen LogP contribution in [0.4, 0.5) is 5.69 Å². The number of nitrogens with zero attached hydrogens (tertiary/aromatic N) is 5. The lowest BCUT2D eigenvalue weighted by atomic mass is 10.2. The standard InChI is InChI=1S/C24H31N7O2/c1-4-25-24(27-16-18-6-9-26-23(12-18)31-10-5-8-28-31)29-19-7-11-30(17-19)20-13-21(32-2)15-22(14-20)33-3/h5-6,8-10,12-15,19H,4,7,11,16-17H2,1-3H3,(H2,25,27,29). The average Bonchev–Trinajstić information content (AvgIpc) is 3.55. The van der Waals surface area contributed by atoms with Gasteiger partial charge in [0.15, 0.2) is 11.8 Å². The Morgan fingerprint density at radius 2 is 1.97 bits per heavy atom. The van der Waals surface area contributed by atoms with Crippen LogP contribution in [0.1, 0.15) is 18.9 Å². The maximum Gasteiger partial charge on any atom is 0.191 e. The molecule has 1 fully saturated rings.